The van der Waals surface area contributed by atoms with Crippen molar-refractivity contribution in [2.75, 3.05) is 4.90 Å². The largest absolute Gasteiger partial charge is 0.455 e. The third-order valence-electron chi connectivity index (χ3n) is 14.4. The highest BCUT2D eigenvalue weighted by Crippen LogP contribution is 2.51. The first-order chi connectivity index (χ1) is 34.7. The monoisotopic (exact) mass is 889 g/mol. The molecule has 14 aromatic rings. The Morgan fingerprint density at radius 1 is 0.243 bits per heavy atom. The molecule has 2 nitrogen and oxygen atoms in total. The lowest BCUT2D eigenvalue weighted by atomic mass is 9.90. The molecule has 13 aromatic carbocycles. The molecule has 0 saturated carbocycles. The quantitative estimate of drug-likeness (QED) is 0.148. The molecule has 0 radical (unpaired) electrons. The van der Waals surface area contributed by atoms with E-state index < -0.39 is 0 Å². The Kier molecular flexibility index (Phi) is 9.25. The first kappa shape index (κ1) is 39.9. The second kappa shape index (κ2) is 16.2. The Morgan fingerprint density at radius 2 is 0.743 bits per heavy atom. The van der Waals surface area contributed by atoms with Crippen LogP contribution >= 0.6 is 0 Å². The zero-order chi connectivity index (χ0) is 46.1. The highest BCUT2D eigenvalue weighted by molar-refractivity contribution is 6.26. The number of rotatable bonds is 7. The van der Waals surface area contributed by atoms with Gasteiger partial charge in [-0.05, 0) is 130 Å². The van der Waals surface area contributed by atoms with Crippen molar-refractivity contribution in [1.82, 2.24) is 0 Å². The highest BCUT2D eigenvalue weighted by Gasteiger charge is 2.27. The molecule has 0 saturated heterocycles. The van der Waals surface area contributed by atoms with Gasteiger partial charge in [0.15, 0.2) is 0 Å². The fourth-order valence-electron chi connectivity index (χ4n) is 11.3. The summed E-state index contributed by atoms with van der Waals surface area (Å²) in [4.78, 5) is 2.50. The average molecular weight is 890 g/mol. The van der Waals surface area contributed by atoms with Gasteiger partial charge in [-0.15, -0.1) is 0 Å². The molecular formula is C68H43NO. The number of anilines is 3. The summed E-state index contributed by atoms with van der Waals surface area (Å²) in [7, 11) is 0. The maximum absolute atomic E-state index is 7.15. The summed E-state index contributed by atoms with van der Waals surface area (Å²) in [6.07, 6.45) is 0. The molecule has 0 N–H and O–H groups in total. The molecule has 0 fully saturated rings. The lowest BCUT2D eigenvalue weighted by molar-refractivity contribution is 0.670. The van der Waals surface area contributed by atoms with Gasteiger partial charge in [-0.3, -0.25) is 0 Å². The van der Waals surface area contributed by atoms with Gasteiger partial charge in [0, 0.05) is 22.1 Å². The van der Waals surface area contributed by atoms with Crippen LogP contribution in [0.3, 0.4) is 0 Å². The Bertz CT molecular complexity index is 4340. The van der Waals surface area contributed by atoms with E-state index in [1.807, 2.05) is 0 Å². The molecule has 0 spiro atoms. The minimum absolute atomic E-state index is 0.849. The second-order valence-corrected chi connectivity index (χ2v) is 18.3. The minimum Gasteiger partial charge on any atom is -0.455 e. The molecule has 0 atom stereocenters. The van der Waals surface area contributed by atoms with Crippen LogP contribution in [-0.4, -0.2) is 0 Å². The van der Waals surface area contributed by atoms with Crippen molar-refractivity contribution < 1.29 is 4.42 Å². The van der Waals surface area contributed by atoms with E-state index in [9.17, 15) is 0 Å². The Balaban J connectivity index is 1.06. The molecule has 0 bridgehead atoms. The minimum atomic E-state index is 0.849. The highest BCUT2D eigenvalue weighted by atomic mass is 16.3. The first-order valence-corrected chi connectivity index (χ1v) is 24.1. The molecule has 14 rings (SSSR count). The van der Waals surface area contributed by atoms with Crippen LogP contribution < -0.4 is 4.90 Å². The van der Waals surface area contributed by atoms with Crippen molar-refractivity contribution in [3.8, 4) is 44.5 Å². The molecule has 1 heterocycles. The predicted octanol–water partition coefficient (Wildman–Crippen LogP) is 19.5. The summed E-state index contributed by atoms with van der Waals surface area (Å²) in [5.41, 5.74) is 13.9. The number of hydrogen-bond acceptors (Lipinski definition) is 2. The molecule has 70 heavy (non-hydrogen) atoms. The molecule has 2 heteroatoms. The maximum Gasteiger partial charge on any atom is 0.145 e. The van der Waals surface area contributed by atoms with E-state index in [1.165, 1.54) is 65.0 Å². The number of benzene rings is 13. The Labute approximate surface area is 405 Å². The molecule has 0 aliphatic rings. The van der Waals surface area contributed by atoms with Crippen molar-refractivity contribution in [1.29, 1.82) is 0 Å². The van der Waals surface area contributed by atoms with E-state index >= 15 is 0 Å². The molecule has 0 aliphatic heterocycles. The van der Waals surface area contributed by atoms with E-state index in [2.05, 4.69) is 266 Å². The summed E-state index contributed by atoms with van der Waals surface area (Å²) in [6, 6.07) is 95.1. The number of hydrogen-bond donors (Lipinski definition) is 0. The summed E-state index contributed by atoms with van der Waals surface area (Å²) < 4.78 is 7.15. The van der Waals surface area contributed by atoms with Crippen LogP contribution in [0, 0.1) is 0 Å². The van der Waals surface area contributed by atoms with Gasteiger partial charge in [0.25, 0.3) is 0 Å². The lowest BCUT2D eigenvalue weighted by Crippen LogP contribution is -2.13. The number of nitrogens with zero attached hydrogens (tertiary/aromatic N) is 1. The summed E-state index contributed by atoms with van der Waals surface area (Å²) >= 11 is 0. The zero-order valence-corrected chi connectivity index (χ0v) is 38.2. The van der Waals surface area contributed by atoms with Crippen LogP contribution in [-0.2, 0) is 0 Å². The Hall–Kier alpha value is -9.24. The number of fused-ring (bicyclic) bond motifs is 12. The van der Waals surface area contributed by atoms with Gasteiger partial charge in [0.05, 0.1) is 22.4 Å². The smallest absolute Gasteiger partial charge is 0.145 e. The lowest BCUT2D eigenvalue weighted by Gasteiger charge is -2.31. The van der Waals surface area contributed by atoms with E-state index in [1.54, 1.807) is 0 Å². The predicted molar refractivity (Wildman–Crippen MR) is 298 cm³/mol. The molecule has 1 aromatic heterocycles. The normalized spacial score (nSPS) is 11.7. The average Bonchev–Trinajstić information content (AvgIpc) is 3.84. The topological polar surface area (TPSA) is 16.4 Å². The van der Waals surface area contributed by atoms with Crippen LogP contribution in [0.25, 0.3) is 120 Å². The molecule has 326 valence electrons. The van der Waals surface area contributed by atoms with Gasteiger partial charge in [-0.25, -0.2) is 0 Å². The third kappa shape index (κ3) is 6.35. The van der Waals surface area contributed by atoms with Crippen molar-refractivity contribution >= 4 is 92.9 Å². The van der Waals surface area contributed by atoms with Crippen LogP contribution in [0.5, 0.6) is 0 Å². The molecule has 0 amide bonds. The summed E-state index contributed by atoms with van der Waals surface area (Å²) in [5, 5.41) is 14.5. The third-order valence-corrected chi connectivity index (χ3v) is 14.4. The van der Waals surface area contributed by atoms with Gasteiger partial charge in [0.1, 0.15) is 11.2 Å². The first-order valence-electron chi connectivity index (χ1n) is 24.1. The van der Waals surface area contributed by atoms with E-state index in [0.29, 0.717) is 0 Å². The van der Waals surface area contributed by atoms with Crippen LogP contribution in [0.15, 0.2) is 265 Å². The summed E-state index contributed by atoms with van der Waals surface area (Å²) in [6.45, 7) is 0. The fraction of sp³-hybridized carbons (Fsp3) is 0. The van der Waals surface area contributed by atoms with Gasteiger partial charge in [0.2, 0.25) is 0 Å². The van der Waals surface area contributed by atoms with Gasteiger partial charge in [-0.2, -0.15) is 0 Å². The van der Waals surface area contributed by atoms with Crippen molar-refractivity contribution in [2.45, 2.75) is 0 Å². The van der Waals surface area contributed by atoms with E-state index in [0.717, 1.165) is 72.4 Å². The number of para-hydroxylation sites is 3. The standard InChI is InChI=1S/C68H43NO/c1-2-19-44(20-3-1)45-22-18-23-46(41-45)50-25-12-15-34-63(50)69(64-35-16-13-26-51(64)48-37-38-58-55-30-8-7-28-53(55)54-29-9-11-32-57(54)61(58)43-48)65-40-39-59(68-67(65)60-33-14-17-36-66(60)70-68)62-42-47-21-4-5-24-49(47)52-27-6-10-31-56(52)62/h1-43H. The number of furan rings is 1. The van der Waals surface area contributed by atoms with Gasteiger partial charge < -0.3 is 9.32 Å². The van der Waals surface area contributed by atoms with E-state index in [4.69, 9.17) is 4.42 Å². The Morgan fingerprint density at radius 3 is 1.44 bits per heavy atom. The van der Waals surface area contributed by atoms with Crippen molar-refractivity contribution in [2.24, 2.45) is 0 Å². The van der Waals surface area contributed by atoms with Crippen LogP contribution in [0.2, 0.25) is 0 Å². The fourth-order valence-corrected chi connectivity index (χ4v) is 11.3. The van der Waals surface area contributed by atoms with Gasteiger partial charge >= 0.3 is 0 Å². The molecule has 0 aliphatic carbocycles. The van der Waals surface area contributed by atoms with Gasteiger partial charge in [-0.1, -0.05) is 212 Å². The SMILES string of the molecule is c1ccc(-c2cccc(-c3ccccc3N(c3ccccc3-c3ccc4c5ccccc5c5ccccc5c4c3)c3ccc(-c4cc5ccccc5c5ccccc45)c4oc5ccccc5c34)c2)cc1. The van der Waals surface area contributed by atoms with E-state index in [-0.39, 0.29) is 0 Å². The summed E-state index contributed by atoms with van der Waals surface area (Å²) in [5.74, 6) is 0. The maximum atomic E-state index is 7.15. The zero-order valence-electron chi connectivity index (χ0n) is 38.2. The second-order valence-electron chi connectivity index (χ2n) is 18.3. The van der Waals surface area contributed by atoms with Crippen LogP contribution in [0.1, 0.15) is 0 Å². The van der Waals surface area contributed by atoms with Crippen molar-refractivity contribution in [3.63, 3.8) is 0 Å². The molecule has 0 unspecified atom stereocenters. The molecular weight excluding hydrogens is 847 g/mol. The van der Waals surface area contributed by atoms with Crippen molar-refractivity contribution in [3.05, 3.63) is 261 Å². The van der Waals surface area contributed by atoms with Crippen LogP contribution in [0.4, 0.5) is 17.1 Å².